The maximum Gasteiger partial charge on any atom is 0.308 e. The minimum atomic E-state index is -1.43. The van der Waals surface area contributed by atoms with Crippen LogP contribution in [-0.2, 0) is 15.0 Å². The number of ketones is 2. The van der Waals surface area contributed by atoms with Crippen LogP contribution in [-0.4, -0.2) is 40.5 Å². The van der Waals surface area contributed by atoms with Crippen LogP contribution in [0.4, 0.5) is 5.69 Å². The van der Waals surface area contributed by atoms with Crippen LogP contribution in [0, 0.1) is 5.92 Å². The van der Waals surface area contributed by atoms with Crippen LogP contribution in [0.25, 0.3) is 6.08 Å². The summed E-state index contributed by atoms with van der Waals surface area (Å²) in [6.07, 6.45) is 3.72. The third kappa shape index (κ3) is 4.52. The second-order valence-electron chi connectivity index (χ2n) is 12.1. The van der Waals surface area contributed by atoms with E-state index in [1.807, 2.05) is 79.6 Å². The molecule has 0 unspecified atom stereocenters. The summed E-state index contributed by atoms with van der Waals surface area (Å²) in [5, 5.41) is 3.06. The summed E-state index contributed by atoms with van der Waals surface area (Å²) in [6, 6.07) is 26.7. The molecule has 4 aromatic carbocycles. The number of amides is 1. The molecule has 7 rings (SSSR count). The van der Waals surface area contributed by atoms with Crippen molar-refractivity contribution in [3.8, 4) is 11.5 Å². The van der Waals surface area contributed by atoms with Crippen LogP contribution < -0.4 is 14.8 Å². The van der Waals surface area contributed by atoms with Gasteiger partial charge in [0.15, 0.2) is 11.6 Å². The number of nitrogens with zero attached hydrogens (tertiary/aromatic N) is 1. The summed E-state index contributed by atoms with van der Waals surface area (Å²) < 4.78 is 11.0. The van der Waals surface area contributed by atoms with E-state index in [0.29, 0.717) is 33.9 Å². The molecular weight excluding hydrogens is 580 g/mol. The molecule has 0 aromatic heterocycles. The predicted octanol–water partition coefficient (Wildman–Crippen LogP) is 6.38. The lowest BCUT2D eigenvalue weighted by Gasteiger charge is -2.38. The van der Waals surface area contributed by atoms with E-state index < -0.39 is 29.4 Å². The highest BCUT2D eigenvalue weighted by atomic mass is 16.5. The monoisotopic (exact) mass is 612 g/mol. The summed E-state index contributed by atoms with van der Waals surface area (Å²) in [4.78, 5) is 57.7. The van der Waals surface area contributed by atoms with Crippen molar-refractivity contribution in [1.29, 1.82) is 0 Å². The molecule has 8 heteroatoms. The second-order valence-corrected chi connectivity index (χ2v) is 12.1. The number of para-hydroxylation sites is 1. The van der Waals surface area contributed by atoms with Gasteiger partial charge < -0.3 is 19.7 Å². The van der Waals surface area contributed by atoms with Crippen molar-refractivity contribution in [3.63, 3.8) is 0 Å². The van der Waals surface area contributed by atoms with E-state index in [1.54, 1.807) is 48.5 Å². The van der Waals surface area contributed by atoms with Crippen molar-refractivity contribution in [1.82, 2.24) is 4.90 Å². The van der Waals surface area contributed by atoms with E-state index in [0.717, 1.165) is 11.1 Å². The highest BCUT2D eigenvalue weighted by Gasteiger charge is 2.70. The quantitative estimate of drug-likeness (QED) is 0.147. The molecule has 4 atom stereocenters. The summed E-state index contributed by atoms with van der Waals surface area (Å²) in [7, 11) is 0. The van der Waals surface area contributed by atoms with Crippen LogP contribution in [0.1, 0.15) is 64.2 Å². The number of ether oxygens (including phenoxy) is 2. The van der Waals surface area contributed by atoms with Crippen LogP contribution >= 0.6 is 0 Å². The fourth-order valence-corrected chi connectivity index (χ4v) is 7.34. The van der Waals surface area contributed by atoms with Gasteiger partial charge in [-0.05, 0) is 91.2 Å². The molecule has 4 aromatic rings. The third-order valence-electron chi connectivity index (χ3n) is 9.03. The zero-order valence-electron chi connectivity index (χ0n) is 25.6. The van der Waals surface area contributed by atoms with E-state index in [1.165, 1.54) is 6.92 Å². The Morgan fingerprint density at radius 3 is 2.13 bits per heavy atom. The largest absolute Gasteiger partial charge is 0.491 e. The van der Waals surface area contributed by atoms with E-state index in [2.05, 4.69) is 5.32 Å². The van der Waals surface area contributed by atoms with E-state index in [4.69, 9.17) is 9.47 Å². The number of hydrogen-bond acceptors (Lipinski definition) is 7. The van der Waals surface area contributed by atoms with Gasteiger partial charge in [0.05, 0.1) is 18.1 Å². The predicted molar refractivity (Wildman–Crippen MR) is 173 cm³/mol. The number of hydrogen-bond donors (Lipinski definition) is 1. The summed E-state index contributed by atoms with van der Waals surface area (Å²) in [5.41, 5.74) is 2.35. The molecular formula is C38H32N2O6. The SMILES string of the molecule is CC(=O)Oc1ccc(C(=O)[C@@H]2[C@H](C(=O)c3ccc(OC(C)C)cc3)[C@]3(C(=O)Nc4ccccc43)[C@@H]3c4ccccc4C=CN23)cc1. The number of anilines is 1. The molecule has 1 spiro atoms. The molecule has 0 aliphatic carbocycles. The minimum Gasteiger partial charge on any atom is -0.491 e. The smallest absolute Gasteiger partial charge is 0.308 e. The molecule has 3 aliphatic rings. The topological polar surface area (TPSA) is 102 Å². The first-order valence-corrected chi connectivity index (χ1v) is 15.3. The molecule has 1 N–H and O–H groups in total. The van der Waals surface area contributed by atoms with Crippen LogP contribution in [0.15, 0.2) is 103 Å². The zero-order chi connectivity index (χ0) is 32.2. The first-order chi connectivity index (χ1) is 22.2. The van der Waals surface area contributed by atoms with Gasteiger partial charge in [-0.3, -0.25) is 19.2 Å². The summed E-state index contributed by atoms with van der Waals surface area (Å²) in [6.45, 7) is 5.15. The van der Waals surface area contributed by atoms with Gasteiger partial charge >= 0.3 is 5.97 Å². The Morgan fingerprint density at radius 1 is 0.804 bits per heavy atom. The molecule has 46 heavy (non-hydrogen) atoms. The van der Waals surface area contributed by atoms with Crippen molar-refractivity contribution < 1.29 is 28.7 Å². The standard InChI is InChI=1S/C38H32N2O6/c1-22(2)45-27-16-12-25(13-17-27)34(42)32-33(35(43)26-14-18-28(19-15-26)46-23(3)41)40-21-20-24-8-4-5-9-29(24)36(40)38(32)30-10-6-7-11-31(30)39-37(38)44/h4-22,32-33,36H,1-3H3,(H,39,44)/t32-,33+,36+,38+/m1/s1. The Balaban J connectivity index is 1.44. The Hall–Kier alpha value is -5.50. The van der Waals surface area contributed by atoms with Crippen LogP contribution in [0.2, 0.25) is 0 Å². The molecule has 230 valence electrons. The van der Waals surface area contributed by atoms with E-state index in [9.17, 15) is 19.2 Å². The third-order valence-corrected chi connectivity index (χ3v) is 9.03. The van der Waals surface area contributed by atoms with Gasteiger partial charge in [-0.25, -0.2) is 0 Å². The van der Waals surface area contributed by atoms with Crippen LogP contribution in [0.3, 0.4) is 0 Å². The Bertz CT molecular complexity index is 1910. The maximum atomic E-state index is 15.0. The number of carbonyl (C=O) groups is 4. The Kier molecular flexibility index (Phi) is 7.08. The number of Topliss-reactive ketones (excluding diaryl/α,β-unsaturated/α-hetero) is 2. The number of carbonyl (C=O) groups excluding carboxylic acids is 4. The summed E-state index contributed by atoms with van der Waals surface area (Å²) in [5.74, 6) is -1.63. The molecule has 3 aliphatic heterocycles. The molecule has 1 fully saturated rings. The highest BCUT2D eigenvalue weighted by molar-refractivity contribution is 6.16. The van der Waals surface area contributed by atoms with Crippen molar-refractivity contribution in [2.24, 2.45) is 5.92 Å². The normalized spacial score (nSPS) is 22.2. The van der Waals surface area contributed by atoms with Gasteiger partial charge in [0.25, 0.3) is 0 Å². The van der Waals surface area contributed by atoms with Gasteiger partial charge in [-0.2, -0.15) is 0 Å². The van der Waals surface area contributed by atoms with Gasteiger partial charge in [-0.1, -0.05) is 42.5 Å². The fraction of sp³-hybridized carbons (Fsp3) is 0.211. The highest BCUT2D eigenvalue weighted by Crippen LogP contribution is 2.62. The molecule has 8 nitrogen and oxygen atoms in total. The van der Waals surface area contributed by atoms with Gasteiger partial charge in [0, 0.05) is 29.9 Å². The fourth-order valence-electron chi connectivity index (χ4n) is 7.34. The Morgan fingerprint density at radius 2 is 1.43 bits per heavy atom. The van der Waals surface area contributed by atoms with Crippen molar-refractivity contribution >= 4 is 35.2 Å². The molecule has 0 saturated carbocycles. The lowest BCUT2D eigenvalue weighted by molar-refractivity contribution is -0.131. The van der Waals surface area contributed by atoms with Gasteiger partial charge in [0.2, 0.25) is 5.91 Å². The van der Waals surface area contributed by atoms with Crippen molar-refractivity contribution in [2.45, 2.75) is 44.4 Å². The number of esters is 1. The van der Waals surface area contributed by atoms with Crippen molar-refractivity contribution in [2.75, 3.05) is 5.32 Å². The number of benzene rings is 4. The number of rotatable bonds is 7. The molecule has 0 radical (unpaired) electrons. The van der Waals surface area contributed by atoms with Gasteiger partial charge in [0.1, 0.15) is 23.0 Å². The van der Waals surface area contributed by atoms with Crippen LogP contribution in [0.5, 0.6) is 11.5 Å². The zero-order valence-corrected chi connectivity index (χ0v) is 25.6. The average Bonchev–Trinajstić information content (AvgIpc) is 3.52. The minimum absolute atomic E-state index is 0.0460. The molecule has 1 saturated heterocycles. The first-order valence-electron chi connectivity index (χ1n) is 15.3. The average molecular weight is 613 g/mol. The maximum absolute atomic E-state index is 15.0. The lowest BCUT2D eigenvalue weighted by Crippen LogP contribution is -2.49. The van der Waals surface area contributed by atoms with Crippen molar-refractivity contribution in [3.05, 3.63) is 131 Å². The first kappa shape index (κ1) is 29.2. The van der Waals surface area contributed by atoms with E-state index in [-0.39, 0.29) is 23.6 Å². The second kappa shape index (κ2) is 11.1. The van der Waals surface area contributed by atoms with E-state index >= 15 is 0 Å². The summed E-state index contributed by atoms with van der Waals surface area (Å²) >= 11 is 0. The molecule has 1 amide bonds. The Labute approximate surface area is 266 Å². The molecule has 0 bridgehead atoms. The molecule has 3 heterocycles. The number of nitrogens with one attached hydrogen (secondary N) is 1. The lowest BCUT2D eigenvalue weighted by atomic mass is 9.62. The van der Waals surface area contributed by atoms with Gasteiger partial charge in [-0.15, -0.1) is 0 Å². The number of fused-ring (bicyclic) bond motifs is 6.